The van der Waals surface area contributed by atoms with E-state index >= 15 is 0 Å². The van der Waals surface area contributed by atoms with Gasteiger partial charge in [-0.1, -0.05) is 158 Å². The molecule has 0 saturated heterocycles. The molecule has 0 aliphatic rings. The van der Waals surface area contributed by atoms with Crippen molar-refractivity contribution < 1.29 is 0 Å². The molecule has 0 aliphatic carbocycles. The molecule has 0 saturated carbocycles. The van der Waals surface area contributed by atoms with Gasteiger partial charge in [-0.3, -0.25) is 0 Å². The van der Waals surface area contributed by atoms with Crippen LogP contribution in [0.15, 0.2) is 200 Å². The largest absolute Gasteiger partial charge is 0.310 e. The Kier molecular flexibility index (Phi) is 7.22. The first-order chi connectivity index (χ1) is 24.3. The lowest BCUT2D eigenvalue weighted by Crippen LogP contribution is -2.11. The molecule has 0 bridgehead atoms. The lowest BCUT2D eigenvalue weighted by molar-refractivity contribution is 1.28. The number of benzene rings is 9. The van der Waals surface area contributed by atoms with Gasteiger partial charge in [-0.15, -0.1) is 0 Å². The summed E-state index contributed by atoms with van der Waals surface area (Å²) >= 11 is 0. The molecule has 0 aromatic heterocycles. The van der Waals surface area contributed by atoms with Gasteiger partial charge >= 0.3 is 0 Å². The van der Waals surface area contributed by atoms with E-state index in [1.165, 1.54) is 65.7 Å². The van der Waals surface area contributed by atoms with Crippen LogP contribution in [0.3, 0.4) is 0 Å². The van der Waals surface area contributed by atoms with Gasteiger partial charge in [-0.25, -0.2) is 0 Å². The predicted molar refractivity (Wildman–Crippen MR) is 210 cm³/mol. The molecule has 0 unspecified atom stereocenters. The fourth-order valence-corrected chi connectivity index (χ4v) is 7.23. The summed E-state index contributed by atoms with van der Waals surface area (Å²) in [5, 5.41) is 7.52. The summed E-state index contributed by atoms with van der Waals surface area (Å²) in [5.74, 6) is 0. The first-order valence-corrected chi connectivity index (χ1v) is 16.8. The van der Waals surface area contributed by atoms with Crippen LogP contribution in [0.4, 0.5) is 17.1 Å². The maximum absolute atomic E-state index is 2.42. The van der Waals surface area contributed by atoms with E-state index in [4.69, 9.17) is 0 Å². The maximum Gasteiger partial charge on any atom is 0.0540 e. The molecule has 9 aromatic rings. The third kappa shape index (κ3) is 5.32. The molecule has 0 aliphatic heterocycles. The summed E-state index contributed by atoms with van der Waals surface area (Å²) in [5.41, 5.74) is 10.5. The van der Waals surface area contributed by atoms with Crippen LogP contribution in [-0.2, 0) is 0 Å². The van der Waals surface area contributed by atoms with Crippen molar-refractivity contribution in [2.45, 2.75) is 0 Å². The van der Waals surface area contributed by atoms with Gasteiger partial charge in [-0.2, -0.15) is 0 Å². The molecule has 0 radical (unpaired) electrons. The molecule has 0 amide bonds. The van der Waals surface area contributed by atoms with Gasteiger partial charge in [0.25, 0.3) is 0 Å². The van der Waals surface area contributed by atoms with Crippen LogP contribution >= 0.6 is 0 Å². The van der Waals surface area contributed by atoms with Crippen molar-refractivity contribution in [3.8, 4) is 33.4 Å². The Labute approximate surface area is 287 Å². The van der Waals surface area contributed by atoms with Crippen LogP contribution in [0.5, 0.6) is 0 Å². The zero-order chi connectivity index (χ0) is 32.6. The fourth-order valence-electron chi connectivity index (χ4n) is 7.23. The van der Waals surface area contributed by atoms with E-state index in [1.54, 1.807) is 0 Å². The van der Waals surface area contributed by atoms with Gasteiger partial charge in [-0.05, 0) is 103 Å². The molecular weight excluding hydrogens is 591 g/mol. The molecule has 0 atom stereocenters. The number of para-hydroxylation sites is 1. The van der Waals surface area contributed by atoms with Crippen molar-refractivity contribution >= 4 is 49.4 Å². The third-order valence-corrected chi connectivity index (χ3v) is 9.62. The second kappa shape index (κ2) is 12.3. The van der Waals surface area contributed by atoms with Crippen LogP contribution in [0.25, 0.3) is 65.7 Å². The predicted octanol–water partition coefficient (Wildman–Crippen LogP) is 13.6. The highest BCUT2D eigenvalue weighted by Crippen LogP contribution is 2.45. The summed E-state index contributed by atoms with van der Waals surface area (Å²) in [7, 11) is 0. The summed E-state index contributed by atoms with van der Waals surface area (Å²) < 4.78 is 0. The summed E-state index contributed by atoms with van der Waals surface area (Å²) in [6, 6.07) is 72.5. The van der Waals surface area contributed by atoms with Crippen LogP contribution < -0.4 is 4.90 Å². The van der Waals surface area contributed by atoms with Crippen molar-refractivity contribution in [3.05, 3.63) is 200 Å². The highest BCUT2D eigenvalue weighted by molar-refractivity contribution is 6.15. The van der Waals surface area contributed by atoms with Crippen LogP contribution in [0, 0.1) is 0 Å². The number of hydrogen-bond acceptors (Lipinski definition) is 1. The van der Waals surface area contributed by atoms with E-state index in [9.17, 15) is 0 Å². The van der Waals surface area contributed by atoms with E-state index < -0.39 is 0 Å². The van der Waals surface area contributed by atoms with Crippen molar-refractivity contribution in [2.75, 3.05) is 4.90 Å². The number of hydrogen-bond donors (Lipinski definition) is 0. The van der Waals surface area contributed by atoms with Gasteiger partial charge in [0.05, 0.1) is 5.69 Å². The lowest BCUT2D eigenvalue weighted by Gasteiger charge is -2.29. The fraction of sp³-hybridized carbons (Fsp3) is 0. The number of rotatable bonds is 6. The zero-order valence-corrected chi connectivity index (χ0v) is 27.0. The van der Waals surface area contributed by atoms with Gasteiger partial charge in [0.15, 0.2) is 0 Å². The Morgan fingerprint density at radius 3 is 1.69 bits per heavy atom. The molecule has 0 spiro atoms. The summed E-state index contributed by atoms with van der Waals surface area (Å²) in [6.07, 6.45) is 0. The van der Waals surface area contributed by atoms with E-state index in [0.29, 0.717) is 0 Å². The van der Waals surface area contributed by atoms with E-state index in [0.717, 1.165) is 17.1 Å². The highest BCUT2D eigenvalue weighted by atomic mass is 15.1. The maximum atomic E-state index is 2.42. The molecule has 1 heteroatoms. The number of nitrogens with zero attached hydrogens (tertiary/aromatic N) is 1. The highest BCUT2D eigenvalue weighted by Gasteiger charge is 2.20. The van der Waals surface area contributed by atoms with E-state index in [-0.39, 0.29) is 0 Å². The molecule has 9 rings (SSSR count). The van der Waals surface area contributed by atoms with Crippen molar-refractivity contribution in [1.29, 1.82) is 0 Å². The van der Waals surface area contributed by atoms with Crippen molar-refractivity contribution in [2.24, 2.45) is 0 Å². The van der Waals surface area contributed by atoms with E-state index in [2.05, 4.69) is 205 Å². The molecule has 0 fully saturated rings. The van der Waals surface area contributed by atoms with Gasteiger partial charge in [0.2, 0.25) is 0 Å². The van der Waals surface area contributed by atoms with Crippen LogP contribution in [0.2, 0.25) is 0 Å². The summed E-state index contributed by atoms with van der Waals surface area (Å²) in [4.78, 5) is 2.42. The number of anilines is 3. The first kappa shape index (κ1) is 28.8. The normalized spacial score (nSPS) is 11.3. The Bertz CT molecular complexity index is 2600. The SMILES string of the molecule is c1ccc(-c2ccc(N(c3cccc(-c4ccc5ccccc5c4)c3)c3ccccc3-c3cc4ccccc4c4ccccc34)cc2)cc1. The Balaban J connectivity index is 1.25. The van der Waals surface area contributed by atoms with Crippen molar-refractivity contribution in [3.63, 3.8) is 0 Å². The topological polar surface area (TPSA) is 3.24 Å². The standard InChI is InChI=1S/C48H33N/c1-2-13-34(14-3-1)36-27-29-41(30-28-36)49(42-19-12-18-38(32-42)39-26-25-35-15-4-5-16-37(35)31-39)48-24-11-10-23-46(48)47-33-40-17-6-7-20-43(40)44-21-8-9-22-45(44)47/h1-33H. The molecule has 0 heterocycles. The summed E-state index contributed by atoms with van der Waals surface area (Å²) in [6.45, 7) is 0. The third-order valence-electron chi connectivity index (χ3n) is 9.62. The lowest BCUT2D eigenvalue weighted by atomic mass is 9.92. The molecule has 0 N–H and O–H groups in total. The second-order valence-electron chi connectivity index (χ2n) is 12.6. The Hall–Kier alpha value is -6.44. The average Bonchev–Trinajstić information content (AvgIpc) is 3.18. The minimum absolute atomic E-state index is 1.10. The zero-order valence-electron chi connectivity index (χ0n) is 27.0. The van der Waals surface area contributed by atoms with Crippen LogP contribution in [0.1, 0.15) is 0 Å². The molecule has 230 valence electrons. The second-order valence-corrected chi connectivity index (χ2v) is 12.6. The van der Waals surface area contributed by atoms with Gasteiger partial charge in [0.1, 0.15) is 0 Å². The first-order valence-electron chi connectivity index (χ1n) is 16.8. The monoisotopic (exact) mass is 623 g/mol. The molecular formula is C48H33N. The van der Waals surface area contributed by atoms with Gasteiger partial charge < -0.3 is 4.90 Å². The average molecular weight is 624 g/mol. The minimum Gasteiger partial charge on any atom is -0.310 e. The molecule has 1 nitrogen and oxygen atoms in total. The quantitative estimate of drug-likeness (QED) is 0.167. The number of fused-ring (bicyclic) bond motifs is 4. The molecule has 49 heavy (non-hydrogen) atoms. The Morgan fingerprint density at radius 2 is 0.857 bits per heavy atom. The van der Waals surface area contributed by atoms with Gasteiger partial charge in [0, 0.05) is 16.9 Å². The Morgan fingerprint density at radius 1 is 0.265 bits per heavy atom. The van der Waals surface area contributed by atoms with E-state index in [1.807, 2.05) is 0 Å². The van der Waals surface area contributed by atoms with Crippen molar-refractivity contribution in [1.82, 2.24) is 0 Å². The van der Waals surface area contributed by atoms with Crippen LogP contribution in [-0.4, -0.2) is 0 Å². The smallest absolute Gasteiger partial charge is 0.0540 e. The molecule has 9 aromatic carbocycles. The minimum atomic E-state index is 1.10.